The summed E-state index contributed by atoms with van der Waals surface area (Å²) in [6.07, 6.45) is 1.45. The molecule has 0 heterocycles. The van der Waals surface area contributed by atoms with E-state index in [0.717, 1.165) is 29.7 Å². The molecule has 2 unspecified atom stereocenters. The van der Waals surface area contributed by atoms with Crippen molar-refractivity contribution in [3.05, 3.63) is 29.3 Å². The minimum Gasteiger partial charge on any atom is -0.491 e. The highest BCUT2D eigenvalue weighted by Gasteiger charge is 2.30. The van der Waals surface area contributed by atoms with E-state index in [1.165, 1.54) is 0 Å². The second-order valence-corrected chi connectivity index (χ2v) is 6.36. The van der Waals surface area contributed by atoms with E-state index < -0.39 is 6.10 Å². The third-order valence-electron chi connectivity index (χ3n) is 3.96. The number of aliphatic hydroxyl groups is 2. The summed E-state index contributed by atoms with van der Waals surface area (Å²) in [4.78, 5) is 1.97. The van der Waals surface area contributed by atoms with Gasteiger partial charge < -0.3 is 19.8 Å². The molecule has 21 heavy (non-hydrogen) atoms. The molecule has 4 heteroatoms. The predicted octanol–water partition coefficient (Wildman–Crippen LogP) is 1.75. The first-order valence-electron chi connectivity index (χ1n) is 7.70. The summed E-state index contributed by atoms with van der Waals surface area (Å²) >= 11 is 0. The van der Waals surface area contributed by atoms with Gasteiger partial charge in [0.05, 0.1) is 6.10 Å². The van der Waals surface area contributed by atoms with Crippen LogP contribution < -0.4 is 4.74 Å². The summed E-state index contributed by atoms with van der Waals surface area (Å²) in [5, 5.41) is 20.0. The molecule has 0 spiro atoms. The Morgan fingerprint density at radius 1 is 1.24 bits per heavy atom. The second kappa shape index (κ2) is 7.25. The van der Waals surface area contributed by atoms with Crippen molar-refractivity contribution in [2.75, 3.05) is 26.7 Å². The average molecular weight is 293 g/mol. The molecule has 0 saturated heterocycles. The normalized spacial score (nSPS) is 17.8. The summed E-state index contributed by atoms with van der Waals surface area (Å²) in [7, 11) is 1.92. The first kappa shape index (κ1) is 16.3. The number of hydrogen-bond acceptors (Lipinski definition) is 4. The maximum atomic E-state index is 10.1. The third kappa shape index (κ3) is 5.30. The molecular formula is C17H27NO3. The summed E-state index contributed by atoms with van der Waals surface area (Å²) < 4.78 is 5.71. The van der Waals surface area contributed by atoms with Crippen LogP contribution in [0.15, 0.2) is 18.2 Å². The molecule has 1 aliphatic rings. The number of likely N-dealkylation sites (N-methyl/N-ethyl adjacent to an activating group) is 1. The number of benzene rings is 1. The van der Waals surface area contributed by atoms with Crippen LogP contribution in [0.1, 0.15) is 24.0 Å². The van der Waals surface area contributed by atoms with E-state index in [0.29, 0.717) is 19.0 Å². The molecule has 118 valence electrons. The van der Waals surface area contributed by atoms with E-state index in [9.17, 15) is 10.2 Å². The first-order valence-corrected chi connectivity index (χ1v) is 7.70. The quantitative estimate of drug-likeness (QED) is 0.767. The van der Waals surface area contributed by atoms with E-state index >= 15 is 0 Å². The Labute approximate surface area is 127 Å². The molecule has 4 nitrogen and oxygen atoms in total. The smallest absolute Gasteiger partial charge is 0.122 e. The van der Waals surface area contributed by atoms with Gasteiger partial charge in [0.25, 0.3) is 0 Å². The fourth-order valence-corrected chi connectivity index (χ4v) is 2.49. The highest BCUT2D eigenvalue weighted by Crippen LogP contribution is 2.32. The largest absolute Gasteiger partial charge is 0.491 e. The van der Waals surface area contributed by atoms with Gasteiger partial charge in [0.2, 0.25) is 0 Å². The van der Waals surface area contributed by atoms with Gasteiger partial charge in [0.1, 0.15) is 18.5 Å². The fourth-order valence-electron chi connectivity index (χ4n) is 2.49. The van der Waals surface area contributed by atoms with Gasteiger partial charge >= 0.3 is 0 Å². The standard InChI is InChI=1S/C17H27NO3/c1-12-4-5-13(2)17(8-12)21-11-15(19)9-18(3)10-16(20)14-6-7-14/h4-5,8,14-16,19-20H,6-7,9-11H2,1-3H3. The van der Waals surface area contributed by atoms with E-state index in [4.69, 9.17) is 4.74 Å². The minimum atomic E-state index is -0.554. The van der Waals surface area contributed by atoms with Crippen LogP contribution in [0.3, 0.4) is 0 Å². The van der Waals surface area contributed by atoms with E-state index in [1.807, 2.05) is 44.0 Å². The number of aryl methyl sites for hydroxylation is 2. The second-order valence-electron chi connectivity index (χ2n) is 6.36. The maximum Gasteiger partial charge on any atom is 0.122 e. The zero-order valence-corrected chi connectivity index (χ0v) is 13.2. The van der Waals surface area contributed by atoms with Gasteiger partial charge in [-0.15, -0.1) is 0 Å². The molecule has 2 N–H and O–H groups in total. The first-order chi connectivity index (χ1) is 9.95. The van der Waals surface area contributed by atoms with Gasteiger partial charge in [0, 0.05) is 13.1 Å². The molecule has 0 bridgehead atoms. The number of rotatable bonds is 8. The van der Waals surface area contributed by atoms with Gasteiger partial charge in [-0.1, -0.05) is 12.1 Å². The van der Waals surface area contributed by atoms with Crippen molar-refractivity contribution in [3.8, 4) is 5.75 Å². The van der Waals surface area contributed by atoms with Crippen LogP contribution in [0.4, 0.5) is 0 Å². The summed E-state index contributed by atoms with van der Waals surface area (Å²) in [6.45, 7) is 5.42. The number of hydrogen-bond donors (Lipinski definition) is 2. The van der Waals surface area contributed by atoms with Gasteiger partial charge in [0.15, 0.2) is 0 Å². The topological polar surface area (TPSA) is 52.9 Å². The van der Waals surface area contributed by atoms with Crippen molar-refractivity contribution in [2.45, 2.75) is 38.9 Å². The van der Waals surface area contributed by atoms with Crippen LogP contribution >= 0.6 is 0 Å². The highest BCUT2D eigenvalue weighted by molar-refractivity contribution is 5.35. The van der Waals surface area contributed by atoms with Crippen molar-refractivity contribution in [2.24, 2.45) is 5.92 Å². The molecule has 1 saturated carbocycles. The lowest BCUT2D eigenvalue weighted by molar-refractivity contribution is 0.0507. The Morgan fingerprint density at radius 3 is 2.62 bits per heavy atom. The SMILES string of the molecule is Cc1ccc(C)c(OCC(O)CN(C)CC(O)C2CC2)c1. The highest BCUT2D eigenvalue weighted by atomic mass is 16.5. The molecule has 2 atom stereocenters. The van der Waals surface area contributed by atoms with Gasteiger partial charge in [-0.05, 0) is 56.8 Å². The Kier molecular flexibility index (Phi) is 5.62. The lowest BCUT2D eigenvalue weighted by atomic mass is 10.1. The van der Waals surface area contributed by atoms with E-state index in [2.05, 4.69) is 0 Å². The zero-order valence-electron chi connectivity index (χ0n) is 13.2. The number of aliphatic hydroxyl groups excluding tert-OH is 2. The molecule has 1 aromatic rings. The average Bonchev–Trinajstić information content (AvgIpc) is 3.24. The van der Waals surface area contributed by atoms with Crippen molar-refractivity contribution in [1.82, 2.24) is 4.90 Å². The summed E-state index contributed by atoms with van der Waals surface area (Å²) in [5.74, 6) is 1.30. The van der Waals surface area contributed by atoms with Crippen LogP contribution in [0.2, 0.25) is 0 Å². The lowest BCUT2D eigenvalue weighted by Gasteiger charge is -2.23. The van der Waals surface area contributed by atoms with Crippen LogP contribution in [0.25, 0.3) is 0 Å². The van der Waals surface area contributed by atoms with Crippen molar-refractivity contribution in [3.63, 3.8) is 0 Å². The molecule has 0 amide bonds. The zero-order chi connectivity index (χ0) is 15.4. The van der Waals surface area contributed by atoms with Crippen molar-refractivity contribution < 1.29 is 14.9 Å². The Bertz CT molecular complexity index is 459. The van der Waals surface area contributed by atoms with E-state index in [-0.39, 0.29) is 12.7 Å². The molecule has 0 aromatic heterocycles. The van der Waals surface area contributed by atoms with E-state index in [1.54, 1.807) is 0 Å². The monoisotopic (exact) mass is 293 g/mol. The molecule has 2 rings (SSSR count). The molecular weight excluding hydrogens is 266 g/mol. The van der Waals surface area contributed by atoms with Crippen molar-refractivity contribution in [1.29, 1.82) is 0 Å². The Hall–Kier alpha value is -1.10. The lowest BCUT2D eigenvalue weighted by Crippen LogP contribution is -2.38. The summed E-state index contributed by atoms with van der Waals surface area (Å²) in [6, 6.07) is 6.06. The number of nitrogens with zero attached hydrogens (tertiary/aromatic N) is 1. The third-order valence-corrected chi connectivity index (χ3v) is 3.96. The van der Waals surface area contributed by atoms with Gasteiger partial charge in [-0.3, -0.25) is 0 Å². The maximum absolute atomic E-state index is 10.1. The van der Waals surface area contributed by atoms with Crippen LogP contribution in [-0.2, 0) is 0 Å². The molecule has 0 aliphatic heterocycles. The van der Waals surface area contributed by atoms with Crippen molar-refractivity contribution >= 4 is 0 Å². The predicted molar refractivity (Wildman–Crippen MR) is 83.6 cm³/mol. The summed E-state index contributed by atoms with van der Waals surface area (Å²) in [5.41, 5.74) is 2.22. The Balaban J connectivity index is 1.73. The van der Waals surface area contributed by atoms with Gasteiger partial charge in [-0.2, -0.15) is 0 Å². The molecule has 0 radical (unpaired) electrons. The van der Waals surface area contributed by atoms with Crippen LogP contribution in [0, 0.1) is 19.8 Å². The van der Waals surface area contributed by atoms with Crippen LogP contribution in [0.5, 0.6) is 5.75 Å². The molecule has 1 fully saturated rings. The fraction of sp³-hybridized carbons (Fsp3) is 0.647. The minimum absolute atomic E-state index is 0.262. The van der Waals surface area contributed by atoms with Crippen LogP contribution in [-0.4, -0.2) is 54.1 Å². The van der Waals surface area contributed by atoms with Gasteiger partial charge in [-0.25, -0.2) is 0 Å². The molecule has 1 aromatic carbocycles. The Morgan fingerprint density at radius 2 is 1.95 bits per heavy atom. The number of ether oxygens (including phenoxy) is 1. The molecule has 1 aliphatic carbocycles.